The predicted molar refractivity (Wildman–Crippen MR) is 54.8 cm³/mol. The Bertz CT molecular complexity index is 419. The molecule has 1 aromatic carbocycles. The Labute approximate surface area is 94.9 Å². The molecule has 3 nitrogen and oxygen atoms in total. The van der Waals surface area contributed by atoms with Gasteiger partial charge in [-0.15, -0.1) is 0 Å². The fraction of sp³-hybridized carbons (Fsp3) is 0.100. The summed E-state index contributed by atoms with van der Waals surface area (Å²) < 4.78 is 28.1. The van der Waals surface area contributed by atoms with E-state index >= 15 is 0 Å². The molecular weight excluding hydrogens is 242 g/mol. The number of hydrogen-bond donors (Lipinski definition) is 1. The van der Waals surface area contributed by atoms with Crippen LogP contribution in [0.4, 0.5) is 8.78 Å². The smallest absolute Gasteiger partial charge is 0.387 e. The van der Waals surface area contributed by atoms with Gasteiger partial charge in [0.15, 0.2) is 0 Å². The van der Waals surface area contributed by atoms with Crippen LogP contribution in [0.1, 0.15) is 5.56 Å². The van der Waals surface area contributed by atoms with E-state index in [-0.39, 0.29) is 10.8 Å². The molecule has 6 heteroatoms. The van der Waals surface area contributed by atoms with Crippen molar-refractivity contribution < 1.29 is 23.4 Å². The van der Waals surface area contributed by atoms with Gasteiger partial charge in [0, 0.05) is 6.08 Å². The van der Waals surface area contributed by atoms with Crippen LogP contribution in [0.3, 0.4) is 0 Å². The van der Waals surface area contributed by atoms with Crippen LogP contribution in [0.2, 0.25) is 5.02 Å². The monoisotopic (exact) mass is 248 g/mol. The maximum atomic E-state index is 12.0. The Morgan fingerprint density at radius 3 is 2.75 bits per heavy atom. The van der Waals surface area contributed by atoms with Gasteiger partial charge in [0.05, 0.1) is 5.02 Å². The maximum absolute atomic E-state index is 12.0. The first-order valence-electron chi connectivity index (χ1n) is 4.14. The van der Waals surface area contributed by atoms with E-state index in [0.717, 1.165) is 6.08 Å². The van der Waals surface area contributed by atoms with Crippen LogP contribution in [0, 0.1) is 0 Å². The molecule has 0 fully saturated rings. The average Bonchev–Trinajstić information content (AvgIpc) is 2.18. The van der Waals surface area contributed by atoms with Crippen LogP contribution < -0.4 is 4.74 Å². The molecule has 0 saturated carbocycles. The van der Waals surface area contributed by atoms with Crippen molar-refractivity contribution in [2.45, 2.75) is 6.61 Å². The number of halogens is 3. The number of ether oxygens (including phenoxy) is 1. The lowest BCUT2D eigenvalue weighted by molar-refractivity contribution is -0.131. The summed E-state index contributed by atoms with van der Waals surface area (Å²) in [6.07, 6.45) is 2.13. The third-order valence-corrected chi connectivity index (χ3v) is 1.90. The lowest BCUT2D eigenvalue weighted by atomic mass is 10.2. The largest absolute Gasteiger partial charge is 0.478 e. The van der Waals surface area contributed by atoms with Gasteiger partial charge in [-0.3, -0.25) is 0 Å². The average molecular weight is 249 g/mol. The van der Waals surface area contributed by atoms with Gasteiger partial charge in [0.2, 0.25) is 0 Å². The highest BCUT2D eigenvalue weighted by atomic mass is 35.5. The Morgan fingerprint density at radius 1 is 1.50 bits per heavy atom. The maximum Gasteiger partial charge on any atom is 0.387 e. The molecule has 0 atom stereocenters. The number of carboxylic acids is 1. The Morgan fingerprint density at radius 2 is 2.19 bits per heavy atom. The quantitative estimate of drug-likeness (QED) is 0.833. The third kappa shape index (κ3) is 3.86. The molecule has 1 aromatic rings. The van der Waals surface area contributed by atoms with E-state index in [9.17, 15) is 13.6 Å². The minimum absolute atomic E-state index is 0.0350. The van der Waals surface area contributed by atoms with Crippen LogP contribution in [-0.2, 0) is 4.79 Å². The second-order valence-corrected chi connectivity index (χ2v) is 3.15. The molecule has 0 radical (unpaired) electrons. The molecule has 1 rings (SSSR count). The highest BCUT2D eigenvalue weighted by molar-refractivity contribution is 6.32. The molecule has 0 aliphatic heterocycles. The Balaban J connectivity index is 2.93. The summed E-state index contributed by atoms with van der Waals surface area (Å²) in [7, 11) is 0. The van der Waals surface area contributed by atoms with E-state index in [4.69, 9.17) is 16.7 Å². The van der Waals surface area contributed by atoms with Gasteiger partial charge < -0.3 is 9.84 Å². The first-order chi connectivity index (χ1) is 7.49. The first-order valence-corrected chi connectivity index (χ1v) is 4.52. The van der Waals surface area contributed by atoms with Gasteiger partial charge in [0.1, 0.15) is 5.75 Å². The van der Waals surface area contributed by atoms with Crippen LogP contribution >= 0.6 is 11.6 Å². The van der Waals surface area contributed by atoms with E-state index in [2.05, 4.69) is 4.74 Å². The van der Waals surface area contributed by atoms with E-state index in [1.54, 1.807) is 0 Å². The van der Waals surface area contributed by atoms with Crippen LogP contribution in [0.25, 0.3) is 6.08 Å². The zero-order valence-corrected chi connectivity index (χ0v) is 8.62. The van der Waals surface area contributed by atoms with Crippen molar-refractivity contribution in [1.82, 2.24) is 0 Å². The SMILES string of the molecule is O=C(O)/C=C/c1ccc(Cl)c(OC(F)F)c1. The van der Waals surface area contributed by atoms with Crippen molar-refractivity contribution in [3.63, 3.8) is 0 Å². The van der Waals surface area contributed by atoms with Crippen molar-refractivity contribution in [3.05, 3.63) is 34.9 Å². The summed E-state index contributed by atoms with van der Waals surface area (Å²) in [5.74, 6) is -1.32. The lowest BCUT2D eigenvalue weighted by Gasteiger charge is -2.06. The molecule has 0 aliphatic carbocycles. The third-order valence-electron chi connectivity index (χ3n) is 1.59. The van der Waals surface area contributed by atoms with Crippen LogP contribution in [0.5, 0.6) is 5.75 Å². The minimum Gasteiger partial charge on any atom is -0.478 e. The first kappa shape index (κ1) is 12.4. The number of benzene rings is 1. The highest BCUT2D eigenvalue weighted by Gasteiger charge is 2.08. The summed E-state index contributed by atoms with van der Waals surface area (Å²) in [5, 5.41) is 8.41. The van der Waals surface area contributed by atoms with Gasteiger partial charge in [-0.05, 0) is 23.8 Å². The fourth-order valence-corrected chi connectivity index (χ4v) is 1.14. The summed E-state index contributed by atoms with van der Waals surface area (Å²) in [6.45, 7) is -2.98. The van der Waals surface area contributed by atoms with Crippen molar-refractivity contribution in [3.8, 4) is 5.75 Å². The molecule has 0 bridgehead atoms. The predicted octanol–water partition coefficient (Wildman–Crippen LogP) is 3.04. The second kappa shape index (κ2) is 5.46. The topological polar surface area (TPSA) is 46.5 Å². The van der Waals surface area contributed by atoms with Crippen molar-refractivity contribution in [2.24, 2.45) is 0 Å². The number of rotatable bonds is 4. The van der Waals surface area contributed by atoms with E-state index < -0.39 is 12.6 Å². The van der Waals surface area contributed by atoms with Gasteiger partial charge in [-0.25, -0.2) is 4.79 Å². The number of hydrogen-bond acceptors (Lipinski definition) is 2. The molecule has 0 saturated heterocycles. The zero-order valence-electron chi connectivity index (χ0n) is 7.86. The second-order valence-electron chi connectivity index (χ2n) is 2.74. The fourth-order valence-electron chi connectivity index (χ4n) is 0.977. The van der Waals surface area contributed by atoms with E-state index in [1.807, 2.05) is 0 Å². The zero-order chi connectivity index (χ0) is 12.1. The number of carboxylic acid groups (broad SMARTS) is 1. The lowest BCUT2D eigenvalue weighted by Crippen LogP contribution is -2.02. The molecule has 0 aromatic heterocycles. The summed E-state index contributed by atoms with van der Waals surface area (Å²) in [6, 6.07) is 4.06. The summed E-state index contributed by atoms with van der Waals surface area (Å²) in [5.41, 5.74) is 0.405. The number of carbonyl (C=O) groups is 1. The van der Waals surface area contributed by atoms with E-state index in [1.165, 1.54) is 24.3 Å². The molecule has 1 N–H and O–H groups in total. The molecule has 86 valence electrons. The van der Waals surface area contributed by atoms with Crippen molar-refractivity contribution in [1.29, 1.82) is 0 Å². The van der Waals surface area contributed by atoms with Crippen LogP contribution in [0.15, 0.2) is 24.3 Å². The van der Waals surface area contributed by atoms with Crippen LogP contribution in [-0.4, -0.2) is 17.7 Å². The van der Waals surface area contributed by atoms with Crippen molar-refractivity contribution in [2.75, 3.05) is 0 Å². The standard InChI is InChI=1S/C10H7ClF2O3/c11-7-3-1-6(2-4-9(14)15)5-8(7)16-10(12)13/h1-5,10H,(H,14,15)/b4-2+. The van der Waals surface area contributed by atoms with Crippen molar-refractivity contribution >= 4 is 23.6 Å². The molecular formula is C10H7ClF2O3. The molecule has 0 heterocycles. The molecule has 0 amide bonds. The number of aliphatic carboxylic acids is 1. The van der Waals surface area contributed by atoms with E-state index in [0.29, 0.717) is 5.56 Å². The molecule has 0 spiro atoms. The van der Waals surface area contributed by atoms with Gasteiger partial charge in [-0.2, -0.15) is 8.78 Å². The Hall–Kier alpha value is -1.62. The summed E-state index contributed by atoms with van der Waals surface area (Å²) >= 11 is 5.60. The molecule has 16 heavy (non-hydrogen) atoms. The molecule has 0 unspecified atom stereocenters. The van der Waals surface area contributed by atoms with Gasteiger partial charge >= 0.3 is 12.6 Å². The summed E-state index contributed by atoms with van der Waals surface area (Å²) in [4.78, 5) is 10.2. The Kier molecular flexibility index (Phi) is 4.25. The highest BCUT2D eigenvalue weighted by Crippen LogP contribution is 2.27. The number of alkyl halides is 2. The van der Waals surface area contributed by atoms with Gasteiger partial charge in [0.25, 0.3) is 0 Å². The molecule has 0 aliphatic rings. The van der Waals surface area contributed by atoms with Gasteiger partial charge in [-0.1, -0.05) is 17.7 Å². The minimum atomic E-state index is -2.98. The normalized spacial score (nSPS) is 11.0.